The Hall–Kier alpha value is -0.750. The second-order valence-electron chi connectivity index (χ2n) is 2.05. The van der Waals surface area contributed by atoms with Crippen LogP contribution in [-0.2, 0) is 5.88 Å². The van der Waals surface area contributed by atoms with Crippen LogP contribution in [0.2, 0.25) is 0 Å². The van der Waals surface area contributed by atoms with E-state index in [-0.39, 0.29) is 0 Å². The Kier molecular flexibility index (Phi) is 2.52. The van der Waals surface area contributed by atoms with Crippen molar-refractivity contribution in [2.24, 2.45) is 0 Å². The Morgan fingerprint density at radius 1 is 1.50 bits per heavy atom. The van der Waals surface area contributed by atoms with Gasteiger partial charge in [-0.15, -0.1) is 11.6 Å². The zero-order chi connectivity index (χ0) is 7.40. The quantitative estimate of drug-likeness (QED) is 0.571. The van der Waals surface area contributed by atoms with Gasteiger partial charge in [-0.3, -0.25) is 0 Å². The maximum absolute atomic E-state index is 5.60. The van der Waals surface area contributed by atoms with Gasteiger partial charge in [-0.1, -0.05) is 36.9 Å². The molecule has 51 valence electrons. The highest BCUT2D eigenvalue weighted by atomic mass is 35.5. The molecule has 0 saturated carbocycles. The van der Waals surface area contributed by atoms with Gasteiger partial charge in [0, 0.05) is 5.88 Å². The third-order valence-corrected chi connectivity index (χ3v) is 1.61. The molecule has 0 spiro atoms. The molecule has 1 aromatic carbocycles. The minimum Gasteiger partial charge on any atom is -0.122 e. The topological polar surface area (TPSA) is 0 Å². The molecule has 0 aromatic heterocycles. The summed E-state index contributed by atoms with van der Waals surface area (Å²) in [7, 11) is 0. The van der Waals surface area contributed by atoms with Gasteiger partial charge in [-0.2, -0.15) is 0 Å². The zero-order valence-electron chi connectivity index (χ0n) is 5.55. The molecule has 0 atom stereocenters. The molecule has 0 amide bonds. The smallest absolute Gasteiger partial charge is 0.0474 e. The lowest BCUT2D eigenvalue weighted by Crippen LogP contribution is -1.77. The van der Waals surface area contributed by atoms with E-state index in [4.69, 9.17) is 18.2 Å². The highest BCUT2D eigenvalue weighted by molar-refractivity contribution is 6.17. The summed E-state index contributed by atoms with van der Waals surface area (Å²) in [6, 6.07) is 7.82. The Balaban J connectivity index is 2.98. The minimum atomic E-state index is 0.543. The van der Waals surface area contributed by atoms with Crippen LogP contribution in [0, 0.1) is 6.58 Å². The zero-order valence-corrected chi connectivity index (χ0v) is 6.31. The first-order chi connectivity index (χ1) is 4.86. The first-order valence-electron chi connectivity index (χ1n) is 3.06. The Bertz CT molecular complexity index is 228. The number of hydrogen-bond acceptors (Lipinski definition) is 0. The lowest BCUT2D eigenvalue weighted by atomic mass is 10.1. The van der Waals surface area contributed by atoms with E-state index in [1.165, 1.54) is 0 Å². The summed E-state index contributed by atoms with van der Waals surface area (Å²) in [6.07, 6.45) is 1.57. The molecule has 0 unspecified atom stereocenters. The summed E-state index contributed by atoms with van der Waals surface area (Å²) in [5.41, 5.74) is 2.11. The number of halogens is 1. The Morgan fingerprint density at radius 2 is 2.30 bits per heavy atom. The van der Waals surface area contributed by atoms with Crippen LogP contribution in [0.3, 0.4) is 0 Å². The molecule has 0 fully saturated rings. The normalized spacial score (nSPS) is 9.30. The van der Waals surface area contributed by atoms with Crippen molar-refractivity contribution < 1.29 is 0 Å². The third-order valence-electron chi connectivity index (χ3n) is 1.30. The molecule has 0 nitrogen and oxygen atoms in total. The van der Waals surface area contributed by atoms with Crippen molar-refractivity contribution in [3.05, 3.63) is 42.0 Å². The van der Waals surface area contributed by atoms with Gasteiger partial charge >= 0.3 is 0 Å². The molecule has 0 N–H and O–H groups in total. The average molecular weight is 152 g/mol. The molecule has 1 radical (unpaired) electrons. The van der Waals surface area contributed by atoms with Crippen molar-refractivity contribution in [3.63, 3.8) is 0 Å². The SMILES string of the molecule is [CH]=Cc1cccc(CCl)c1. The highest BCUT2D eigenvalue weighted by Gasteiger charge is 1.88. The van der Waals surface area contributed by atoms with Crippen LogP contribution in [0.5, 0.6) is 0 Å². The van der Waals surface area contributed by atoms with E-state index < -0.39 is 0 Å². The summed E-state index contributed by atoms with van der Waals surface area (Å²) in [4.78, 5) is 0. The molecule has 1 heteroatoms. The monoisotopic (exact) mass is 151 g/mol. The fraction of sp³-hybridized carbons (Fsp3) is 0.111. The number of alkyl halides is 1. The lowest BCUT2D eigenvalue weighted by molar-refractivity contribution is 1.39. The van der Waals surface area contributed by atoms with Gasteiger partial charge in [0.2, 0.25) is 0 Å². The molecular weight excluding hydrogens is 144 g/mol. The van der Waals surface area contributed by atoms with Gasteiger partial charge in [0.05, 0.1) is 0 Å². The van der Waals surface area contributed by atoms with Gasteiger partial charge in [-0.05, 0) is 11.1 Å². The first-order valence-corrected chi connectivity index (χ1v) is 3.60. The summed E-state index contributed by atoms with van der Waals surface area (Å²) in [5, 5.41) is 0. The predicted octanol–water partition coefficient (Wildman–Crippen LogP) is 2.87. The summed E-state index contributed by atoms with van der Waals surface area (Å²) < 4.78 is 0. The van der Waals surface area contributed by atoms with E-state index >= 15 is 0 Å². The molecule has 0 heterocycles. The minimum absolute atomic E-state index is 0.543. The van der Waals surface area contributed by atoms with Gasteiger partial charge < -0.3 is 0 Å². The summed E-state index contributed by atoms with van der Waals surface area (Å²) >= 11 is 5.60. The van der Waals surface area contributed by atoms with Gasteiger partial charge in [-0.25, -0.2) is 0 Å². The maximum atomic E-state index is 5.60. The molecule has 0 aliphatic carbocycles. The van der Waals surface area contributed by atoms with Crippen molar-refractivity contribution in [1.82, 2.24) is 0 Å². The number of benzene rings is 1. The van der Waals surface area contributed by atoms with Crippen LogP contribution in [0.15, 0.2) is 24.3 Å². The molecule has 0 bridgehead atoms. The van der Waals surface area contributed by atoms with Crippen LogP contribution in [0.1, 0.15) is 11.1 Å². The molecular formula is C9H8Cl. The second kappa shape index (κ2) is 3.43. The summed E-state index contributed by atoms with van der Waals surface area (Å²) in [6.45, 7) is 5.31. The van der Waals surface area contributed by atoms with Crippen LogP contribution in [0.4, 0.5) is 0 Å². The van der Waals surface area contributed by atoms with Crippen molar-refractivity contribution >= 4 is 17.7 Å². The van der Waals surface area contributed by atoms with E-state index in [1.54, 1.807) is 6.08 Å². The standard InChI is InChI=1S/C9H8Cl/c1-2-8-4-3-5-9(6-8)7-10/h1-6H,7H2. The molecule has 0 saturated heterocycles. The predicted molar refractivity (Wildman–Crippen MR) is 44.8 cm³/mol. The van der Waals surface area contributed by atoms with E-state index in [2.05, 4.69) is 0 Å². The van der Waals surface area contributed by atoms with Gasteiger partial charge in [0.25, 0.3) is 0 Å². The van der Waals surface area contributed by atoms with Crippen molar-refractivity contribution in [3.8, 4) is 0 Å². The van der Waals surface area contributed by atoms with Gasteiger partial charge in [0.15, 0.2) is 0 Å². The first kappa shape index (κ1) is 7.36. The van der Waals surface area contributed by atoms with Crippen molar-refractivity contribution in [1.29, 1.82) is 0 Å². The number of rotatable bonds is 2. The third kappa shape index (κ3) is 1.61. The van der Waals surface area contributed by atoms with Crippen molar-refractivity contribution in [2.75, 3.05) is 0 Å². The maximum Gasteiger partial charge on any atom is 0.0474 e. The second-order valence-corrected chi connectivity index (χ2v) is 2.31. The summed E-state index contributed by atoms with van der Waals surface area (Å²) in [5.74, 6) is 0.543. The molecule has 0 aliphatic rings. The van der Waals surface area contributed by atoms with Crippen LogP contribution >= 0.6 is 11.6 Å². The van der Waals surface area contributed by atoms with E-state index in [0.29, 0.717) is 5.88 Å². The largest absolute Gasteiger partial charge is 0.122 e. The van der Waals surface area contributed by atoms with Crippen LogP contribution < -0.4 is 0 Å². The van der Waals surface area contributed by atoms with E-state index in [0.717, 1.165) is 11.1 Å². The van der Waals surface area contributed by atoms with Crippen molar-refractivity contribution in [2.45, 2.75) is 5.88 Å². The highest BCUT2D eigenvalue weighted by Crippen LogP contribution is 2.07. The molecule has 1 aromatic rings. The molecule has 10 heavy (non-hydrogen) atoms. The fourth-order valence-electron chi connectivity index (χ4n) is 0.780. The lowest BCUT2D eigenvalue weighted by Gasteiger charge is -1.95. The van der Waals surface area contributed by atoms with E-state index in [1.807, 2.05) is 24.3 Å². The molecule has 1 rings (SSSR count). The fourth-order valence-corrected chi connectivity index (χ4v) is 0.946. The number of hydrogen-bond donors (Lipinski definition) is 0. The van der Waals surface area contributed by atoms with Crippen LogP contribution in [-0.4, -0.2) is 0 Å². The Labute approximate surface area is 66.1 Å². The molecule has 0 aliphatic heterocycles. The Morgan fingerprint density at radius 3 is 2.90 bits per heavy atom. The van der Waals surface area contributed by atoms with E-state index in [9.17, 15) is 0 Å². The average Bonchev–Trinajstić information content (AvgIpc) is 2.05. The van der Waals surface area contributed by atoms with Crippen LogP contribution in [0.25, 0.3) is 6.08 Å². The van der Waals surface area contributed by atoms with Gasteiger partial charge in [0.1, 0.15) is 0 Å².